The second kappa shape index (κ2) is 9.84. The first-order chi connectivity index (χ1) is 15.1. The lowest BCUT2D eigenvalue weighted by molar-refractivity contribution is 0.240. The summed E-state index contributed by atoms with van der Waals surface area (Å²) in [7, 11) is 0. The Morgan fingerprint density at radius 3 is 2.48 bits per heavy atom. The SMILES string of the molecule is CC(C)CCNC(=O)NCc1c(-c2cccs2)n(Cc2ccccc2)c2ccccc12. The van der Waals surface area contributed by atoms with E-state index < -0.39 is 0 Å². The largest absolute Gasteiger partial charge is 0.338 e. The van der Waals surface area contributed by atoms with Crippen molar-refractivity contribution in [1.82, 2.24) is 15.2 Å². The van der Waals surface area contributed by atoms with E-state index in [0.717, 1.165) is 18.5 Å². The molecule has 0 spiro atoms. The Kier molecular flexibility index (Phi) is 6.73. The van der Waals surface area contributed by atoms with Crippen LogP contribution >= 0.6 is 11.3 Å². The van der Waals surface area contributed by atoms with Crippen LogP contribution in [0.1, 0.15) is 31.4 Å². The summed E-state index contributed by atoms with van der Waals surface area (Å²) in [6.07, 6.45) is 0.976. The molecule has 0 saturated heterocycles. The van der Waals surface area contributed by atoms with E-state index in [0.29, 0.717) is 19.0 Å². The minimum Gasteiger partial charge on any atom is -0.338 e. The highest BCUT2D eigenvalue weighted by Crippen LogP contribution is 2.36. The summed E-state index contributed by atoms with van der Waals surface area (Å²) >= 11 is 1.73. The molecular formula is C26H29N3OS. The van der Waals surface area contributed by atoms with Gasteiger partial charge in [0.05, 0.1) is 10.6 Å². The number of para-hydroxylation sites is 1. The molecule has 2 aromatic heterocycles. The first-order valence-corrected chi connectivity index (χ1v) is 11.7. The Hall–Kier alpha value is -3.05. The Morgan fingerprint density at radius 2 is 1.74 bits per heavy atom. The Morgan fingerprint density at radius 1 is 0.968 bits per heavy atom. The average Bonchev–Trinajstić information content (AvgIpc) is 3.39. The maximum Gasteiger partial charge on any atom is 0.315 e. The molecule has 0 aliphatic rings. The lowest BCUT2D eigenvalue weighted by atomic mass is 10.1. The topological polar surface area (TPSA) is 46.1 Å². The van der Waals surface area contributed by atoms with Crippen molar-refractivity contribution in [2.75, 3.05) is 6.54 Å². The van der Waals surface area contributed by atoms with Crippen LogP contribution in [0.5, 0.6) is 0 Å². The minimum atomic E-state index is -0.113. The zero-order valence-corrected chi connectivity index (χ0v) is 18.9. The van der Waals surface area contributed by atoms with Gasteiger partial charge < -0.3 is 15.2 Å². The van der Waals surface area contributed by atoms with Crippen molar-refractivity contribution in [2.45, 2.75) is 33.4 Å². The fourth-order valence-electron chi connectivity index (χ4n) is 3.88. The molecule has 0 bridgehead atoms. The summed E-state index contributed by atoms with van der Waals surface area (Å²) in [5.41, 5.74) is 4.79. The first-order valence-electron chi connectivity index (χ1n) is 10.8. The maximum absolute atomic E-state index is 12.4. The summed E-state index contributed by atoms with van der Waals surface area (Å²) in [5, 5.41) is 9.36. The van der Waals surface area contributed by atoms with Crippen LogP contribution in [-0.4, -0.2) is 17.1 Å². The second-order valence-electron chi connectivity index (χ2n) is 8.19. The summed E-state index contributed by atoms with van der Waals surface area (Å²) in [4.78, 5) is 13.6. The number of thiophene rings is 1. The van der Waals surface area contributed by atoms with Crippen molar-refractivity contribution >= 4 is 28.3 Å². The molecule has 5 heteroatoms. The van der Waals surface area contributed by atoms with Gasteiger partial charge in [-0.1, -0.05) is 68.4 Å². The fraction of sp³-hybridized carbons (Fsp3) is 0.269. The molecule has 2 heterocycles. The van der Waals surface area contributed by atoms with Crippen LogP contribution in [0.4, 0.5) is 4.79 Å². The molecule has 0 saturated carbocycles. The van der Waals surface area contributed by atoms with Gasteiger partial charge >= 0.3 is 6.03 Å². The van der Waals surface area contributed by atoms with E-state index >= 15 is 0 Å². The summed E-state index contributed by atoms with van der Waals surface area (Å²) < 4.78 is 2.38. The number of amides is 2. The molecule has 0 radical (unpaired) electrons. The van der Waals surface area contributed by atoms with Crippen molar-refractivity contribution in [3.05, 3.63) is 83.2 Å². The van der Waals surface area contributed by atoms with E-state index in [1.807, 2.05) is 6.07 Å². The number of hydrogen-bond donors (Lipinski definition) is 2. The maximum atomic E-state index is 12.4. The van der Waals surface area contributed by atoms with Crippen molar-refractivity contribution in [3.8, 4) is 10.6 Å². The highest BCUT2D eigenvalue weighted by molar-refractivity contribution is 7.13. The molecule has 0 aliphatic carbocycles. The molecule has 2 N–H and O–H groups in total. The van der Waals surface area contributed by atoms with Crippen molar-refractivity contribution in [2.24, 2.45) is 5.92 Å². The molecule has 160 valence electrons. The van der Waals surface area contributed by atoms with Crippen molar-refractivity contribution < 1.29 is 4.79 Å². The third kappa shape index (κ3) is 5.00. The number of carbonyl (C=O) groups excluding carboxylic acids is 1. The highest BCUT2D eigenvalue weighted by atomic mass is 32.1. The summed E-state index contributed by atoms with van der Waals surface area (Å²) in [6, 6.07) is 23.1. The molecule has 0 unspecified atom stereocenters. The van der Waals surface area contributed by atoms with E-state index in [1.165, 1.54) is 27.0 Å². The molecule has 2 amide bonds. The molecule has 2 aromatic carbocycles. The number of rotatable bonds is 8. The Bertz CT molecular complexity index is 1130. The van der Waals surface area contributed by atoms with Gasteiger partial charge in [-0.2, -0.15) is 0 Å². The molecule has 4 aromatic rings. The molecule has 4 rings (SSSR count). The van der Waals surface area contributed by atoms with E-state index in [1.54, 1.807) is 11.3 Å². The number of nitrogens with zero attached hydrogens (tertiary/aromatic N) is 1. The van der Waals surface area contributed by atoms with Crippen LogP contribution in [0.2, 0.25) is 0 Å². The number of nitrogens with one attached hydrogen (secondary N) is 2. The zero-order chi connectivity index (χ0) is 21.6. The van der Waals surface area contributed by atoms with Gasteiger partial charge in [0.2, 0.25) is 0 Å². The van der Waals surface area contributed by atoms with Gasteiger partial charge in [0.1, 0.15) is 0 Å². The van der Waals surface area contributed by atoms with Crippen LogP contribution in [0.15, 0.2) is 72.1 Å². The zero-order valence-electron chi connectivity index (χ0n) is 18.1. The van der Waals surface area contributed by atoms with Gasteiger partial charge in [0, 0.05) is 36.1 Å². The van der Waals surface area contributed by atoms with Crippen molar-refractivity contribution in [3.63, 3.8) is 0 Å². The van der Waals surface area contributed by atoms with Crippen molar-refractivity contribution in [1.29, 1.82) is 0 Å². The average molecular weight is 432 g/mol. The van der Waals surface area contributed by atoms with Gasteiger partial charge in [0.25, 0.3) is 0 Å². The van der Waals surface area contributed by atoms with Crippen LogP contribution in [0, 0.1) is 5.92 Å². The van der Waals surface area contributed by atoms with Gasteiger partial charge in [0.15, 0.2) is 0 Å². The summed E-state index contributed by atoms with van der Waals surface area (Å²) in [6.45, 7) is 6.29. The molecule has 31 heavy (non-hydrogen) atoms. The Labute approximate surface area is 187 Å². The standard InChI is InChI=1S/C26H29N3OS/c1-19(2)14-15-27-26(30)28-17-22-21-11-6-7-12-23(21)29(18-20-9-4-3-5-10-20)25(22)24-13-8-16-31-24/h3-13,16,19H,14-15,17-18H2,1-2H3,(H2,27,28,30). The van der Waals surface area contributed by atoms with Gasteiger partial charge in [-0.3, -0.25) is 0 Å². The summed E-state index contributed by atoms with van der Waals surface area (Å²) in [5.74, 6) is 0.571. The molecule has 0 aliphatic heterocycles. The van der Waals surface area contributed by atoms with E-state index in [2.05, 4.69) is 95.1 Å². The molecule has 0 atom stereocenters. The predicted octanol–water partition coefficient (Wildman–Crippen LogP) is 6.26. The van der Waals surface area contributed by atoms with Crippen LogP contribution in [0.25, 0.3) is 21.5 Å². The third-order valence-corrected chi connectivity index (χ3v) is 6.32. The minimum absolute atomic E-state index is 0.113. The van der Waals surface area contributed by atoms with E-state index in [4.69, 9.17) is 0 Å². The number of hydrogen-bond acceptors (Lipinski definition) is 2. The lowest BCUT2D eigenvalue weighted by Crippen LogP contribution is -2.36. The van der Waals surface area contributed by atoms with E-state index in [9.17, 15) is 4.79 Å². The number of aromatic nitrogens is 1. The van der Waals surface area contributed by atoms with Crippen LogP contribution < -0.4 is 10.6 Å². The quantitative estimate of drug-likeness (QED) is 0.340. The second-order valence-corrected chi connectivity index (χ2v) is 9.13. The number of urea groups is 1. The van der Waals surface area contributed by atoms with Gasteiger partial charge in [-0.15, -0.1) is 11.3 Å². The highest BCUT2D eigenvalue weighted by Gasteiger charge is 2.20. The van der Waals surface area contributed by atoms with Crippen LogP contribution in [-0.2, 0) is 13.1 Å². The predicted molar refractivity (Wildman–Crippen MR) is 130 cm³/mol. The molecular weight excluding hydrogens is 402 g/mol. The normalized spacial score (nSPS) is 11.2. The van der Waals surface area contributed by atoms with Crippen LogP contribution in [0.3, 0.4) is 0 Å². The number of fused-ring (bicyclic) bond motifs is 1. The van der Waals surface area contributed by atoms with Gasteiger partial charge in [-0.05, 0) is 35.4 Å². The lowest BCUT2D eigenvalue weighted by Gasteiger charge is -2.13. The Balaban J connectivity index is 1.69. The van der Waals surface area contributed by atoms with Gasteiger partial charge in [-0.25, -0.2) is 4.79 Å². The van der Waals surface area contributed by atoms with E-state index in [-0.39, 0.29) is 6.03 Å². The number of benzene rings is 2. The molecule has 4 nitrogen and oxygen atoms in total. The molecule has 0 fully saturated rings. The number of carbonyl (C=O) groups is 1. The first kappa shape index (κ1) is 21.2. The third-order valence-electron chi connectivity index (χ3n) is 5.45. The fourth-order valence-corrected chi connectivity index (χ4v) is 4.69. The smallest absolute Gasteiger partial charge is 0.315 e. The monoisotopic (exact) mass is 431 g/mol.